The topological polar surface area (TPSA) is 103 Å². The zero-order valence-corrected chi connectivity index (χ0v) is 21.0. The highest BCUT2D eigenvalue weighted by Gasteiger charge is 2.43. The van der Waals surface area contributed by atoms with Crippen molar-refractivity contribution >= 4 is 23.6 Å². The number of halogens is 5. The minimum atomic E-state index is -4.70. The Labute approximate surface area is 220 Å². The van der Waals surface area contributed by atoms with E-state index >= 15 is 0 Å². The average Bonchev–Trinajstić information content (AvgIpc) is 2.88. The summed E-state index contributed by atoms with van der Waals surface area (Å²) < 4.78 is 70.9. The second-order valence-electron chi connectivity index (χ2n) is 8.41. The number of allylic oxidation sites excluding steroid dienone is 1. The maximum atomic E-state index is 13.6. The number of anilines is 1. The molecule has 8 nitrogen and oxygen atoms in total. The van der Waals surface area contributed by atoms with E-state index < -0.39 is 48.7 Å². The van der Waals surface area contributed by atoms with Crippen molar-refractivity contribution in [2.24, 2.45) is 0 Å². The summed E-state index contributed by atoms with van der Waals surface area (Å²) in [5.41, 5.74) is -1.66. The maximum Gasteiger partial charge on any atom is 0.416 e. The Kier molecular flexibility index (Phi) is 8.58. The number of nitrogens with one attached hydrogen (secondary N) is 1. The highest BCUT2D eigenvalue weighted by Crippen LogP contribution is 2.41. The molecule has 0 saturated carbocycles. The number of alkyl halides is 5. The van der Waals surface area contributed by atoms with Crippen molar-refractivity contribution in [2.75, 3.05) is 25.1 Å². The summed E-state index contributed by atoms with van der Waals surface area (Å²) in [4.78, 5) is 41.5. The number of benzene rings is 2. The fourth-order valence-corrected chi connectivity index (χ4v) is 4.21. The van der Waals surface area contributed by atoms with E-state index in [9.17, 15) is 41.6 Å². The van der Waals surface area contributed by atoms with Crippen molar-refractivity contribution in [1.82, 2.24) is 10.2 Å². The molecule has 0 radical (unpaired) electrons. The molecule has 0 aromatic heterocycles. The summed E-state index contributed by atoms with van der Waals surface area (Å²) >= 11 is 0. The number of carbonyl (C=O) groups is 3. The SMILES string of the molecule is CCOC(=O)C1=C(C)N(c2cccc(C(F)(F)F)c2)C(=O)N(C)C1c1ccc(C#N)cc1C(=O)NCC(F)F. The van der Waals surface area contributed by atoms with Crippen LogP contribution in [0.4, 0.5) is 32.4 Å². The second kappa shape index (κ2) is 11.5. The smallest absolute Gasteiger partial charge is 0.416 e. The number of rotatable bonds is 7. The Morgan fingerprint density at radius 3 is 2.46 bits per heavy atom. The van der Waals surface area contributed by atoms with Gasteiger partial charge >= 0.3 is 18.2 Å². The molecule has 39 heavy (non-hydrogen) atoms. The fraction of sp³-hybridized carbons (Fsp3) is 0.308. The molecule has 0 aliphatic carbocycles. The van der Waals surface area contributed by atoms with Gasteiger partial charge in [0.25, 0.3) is 12.3 Å². The first kappa shape index (κ1) is 29.1. The first-order chi connectivity index (χ1) is 18.3. The summed E-state index contributed by atoms with van der Waals surface area (Å²) in [5, 5.41) is 11.4. The summed E-state index contributed by atoms with van der Waals surface area (Å²) in [6.45, 7) is 1.79. The maximum absolute atomic E-state index is 13.6. The Bertz CT molecular complexity index is 1370. The van der Waals surface area contributed by atoms with Crippen LogP contribution in [-0.4, -0.2) is 49.4 Å². The Morgan fingerprint density at radius 2 is 1.87 bits per heavy atom. The minimum Gasteiger partial charge on any atom is -0.463 e. The van der Waals surface area contributed by atoms with Crippen LogP contribution in [-0.2, 0) is 15.7 Å². The highest BCUT2D eigenvalue weighted by molar-refractivity contribution is 6.04. The van der Waals surface area contributed by atoms with Crippen LogP contribution in [0.25, 0.3) is 0 Å². The molecule has 3 rings (SSSR count). The molecule has 2 aromatic carbocycles. The fourth-order valence-electron chi connectivity index (χ4n) is 4.21. The number of amides is 3. The van der Waals surface area contributed by atoms with Crippen molar-refractivity contribution in [2.45, 2.75) is 32.5 Å². The van der Waals surface area contributed by atoms with E-state index in [1.54, 1.807) is 0 Å². The third-order valence-electron chi connectivity index (χ3n) is 5.94. The molecule has 1 aliphatic heterocycles. The summed E-state index contributed by atoms with van der Waals surface area (Å²) in [5.74, 6) is -1.90. The number of esters is 1. The van der Waals surface area contributed by atoms with Gasteiger partial charge < -0.3 is 15.0 Å². The monoisotopic (exact) mass is 550 g/mol. The van der Waals surface area contributed by atoms with E-state index in [2.05, 4.69) is 0 Å². The van der Waals surface area contributed by atoms with Crippen molar-refractivity contribution in [3.05, 3.63) is 76.0 Å². The average molecular weight is 550 g/mol. The van der Waals surface area contributed by atoms with E-state index in [-0.39, 0.29) is 40.3 Å². The molecule has 0 saturated heterocycles. The number of carbonyl (C=O) groups excluding carboxylic acids is 3. The van der Waals surface area contributed by atoms with Gasteiger partial charge in [-0.3, -0.25) is 9.69 Å². The molecule has 0 fully saturated rings. The zero-order chi connectivity index (χ0) is 29.1. The van der Waals surface area contributed by atoms with Crippen LogP contribution in [0.15, 0.2) is 53.7 Å². The lowest BCUT2D eigenvalue weighted by Crippen LogP contribution is -2.49. The van der Waals surface area contributed by atoms with Crippen molar-refractivity contribution in [3.63, 3.8) is 0 Å². The molecular formula is C26H23F5N4O4. The molecule has 2 aromatic rings. The van der Waals surface area contributed by atoms with Gasteiger partial charge in [0.05, 0.1) is 47.7 Å². The molecular weight excluding hydrogens is 527 g/mol. The third kappa shape index (κ3) is 6.00. The first-order valence-electron chi connectivity index (χ1n) is 11.5. The number of hydrogen-bond donors (Lipinski definition) is 1. The largest absolute Gasteiger partial charge is 0.463 e. The van der Waals surface area contributed by atoms with Crippen molar-refractivity contribution < 1.29 is 41.1 Å². The molecule has 3 amide bonds. The van der Waals surface area contributed by atoms with Crippen molar-refractivity contribution in [1.29, 1.82) is 5.26 Å². The molecule has 1 aliphatic rings. The van der Waals surface area contributed by atoms with Crippen LogP contribution >= 0.6 is 0 Å². The van der Waals surface area contributed by atoms with Gasteiger partial charge in [0.1, 0.15) is 0 Å². The molecule has 0 bridgehead atoms. The molecule has 1 N–H and O–H groups in total. The van der Waals surface area contributed by atoms with Gasteiger partial charge in [0, 0.05) is 18.3 Å². The predicted octanol–water partition coefficient (Wildman–Crippen LogP) is 5.02. The third-order valence-corrected chi connectivity index (χ3v) is 5.94. The summed E-state index contributed by atoms with van der Waals surface area (Å²) in [7, 11) is 1.26. The van der Waals surface area contributed by atoms with Gasteiger partial charge in [-0.05, 0) is 49.7 Å². The predicted molar refractivity (Wildman–Crippen MR) is 129 cm³/mol. The molecule has 1 heterocycles. The number of nitriles is 1. The van der Waals surface area contributed by atoms with Gasteiger partial charge in [-0.1, -0.05) is 12.1 Å². The van der Waals surface area contributed by atoms with E-state index in [1.807, 2.05) is 11.4 Å². The van der Waals surface area contributed by atoms with E-state index in [0.717, 1.165) is 34.1 Å². The Balaban J connectivity index is 2.26. The van der Waals surface area contributed by atoms with Gasteiger partial charge in [-0.2, -0.15) is 18.4 Å². The molecule has 0 spiro atoms. The van der Waals surface area contributed by atoms with Gasteiger partial charge in [-0.25, -0.2) is 18.4 Å². The van der Waals surface area contributed by atoms with Crippen LogP contribution in [0.1, 0.15) is 46.9 Å². The minimum absolute atomic E-state index is 0.00899. The van der Waals surface area contributed by atoms with E-state index in [4.69, 9.17) is 4.74 Å². The summed E-state index contributed by atoms with van der Waals surface area (Å²) in [6.07, 6.45) is -7.57. The summed E-state index contributed by atoms with van der Waals surface area (Å²) in [6, 6.07) is 7.39. The van der Waals surface area contributed by atoms with E-state index in [1.165, 1.54) is 39.1 Å². The first-order valence-corrected chi connectivity index (χ1v) is 11.5. The van der Waals surface area contributed by atoms with Gasteiger partial charge in [0.15, 0.2) is 0 Å². The normalized spacial score (nSPS) is 15.9. The molecule has 206 valence electrons. The highest BCUT2D eigenvalue weighted by atomic mass is 19.4. The molecule has 1 atom stereocenters. The van der Waals surface area contributed by atoms with Crippen LogP contribution < -0.4 is 10.2 Å². The number of ether oxygens (including phenoxy) is 1. The Hall–Kier alpha value is -4.47. The standard InChI is InChI=1S/C26H23F5N4O4/c1-4-39-24(37)21-14(2)35(17-7-5-6-16(11-17)26(29,30)31)25(38)34(3)22(21)18-9-8-15(12-32)10-19(18)23(36)33-13-20(27)28/h5-11,20,22H,4,13H2,1-3H3,(H,33,36). The lowest BCUT2D eigenvalue weighted by Gasteiger charge is -2.41. The van der Waals surface area contributed by atoms with Gasteiger partial charge in [0.2, 0.25) is 0 Å². The quantitative estimate of drug-likeness (QED) is 0.385. The Morgan fingerprint density at radius 1 is 1.18 bits per heavy atom. The molecule has 13 heteroatoms. The van der Waals surface area contributed by atoms with Crippen molar-refractivity contribution in [3.8, 4) is 6.07 Å². The van der Waals surface area contributed by atoms with Crippen LogP contribution in [0.5, 0.6) is 0 Å². The zero-order valence-electron chi connectivity index (χ0n) is 21.0. The second-order valence-corrected chi connectivity index (χ2v) is 8.41. The van der Waals surface area contributed by atoms with Gasteiger partial charge in [-0.15, -0.1) is 0 Å². The van der Waals surface area contributed by atoms with E-state index in [0.29, 0.717) is 0 Å². The van der Waals surface area contributed by atoms with Crippen LogP contribution in [0, 0.1) is 11.3 Å². The van der Waals surface area contributed by atoms with Crippen LogP contribution in [0.2, 0.25) is 0 Å². The lowest BCUT2D eigenvalue weighted by molar-refractivity contribution is -0.139. The number of hydrogen-bond acceptors (Lipinski definition) is 5. The molecule has 1 unspecified atom stereocenters. The number of nitrogens with zero attached hydrogens (tertiary/aromatic N) is 3. The number of urea groups is 1. The van der Waals surface area contributed by atoms with Crippen LogP contribution in [0.3, 0.4) is 0 Å². The number of likely N-dealkylation sites (N-methyl/N-ethyl adjacent to an activating group) is 1. The lowest BCUT2D eigenvalue weighted by atomic mass is 9.89.